The van der Waals surface area contributed by atoms with Crippen molar-refractivity contribution in [3.63, 3.8) is 0 Å². The molecule has 1 atom stereocenters. The van der Waals surface area contributed by atoms with Gasteiger partial charge in [-0.1, -0.05) is 30.5 Å². The van der Waals surface area contributed by atoms with Crippen LogP contribution in [-0.2, 0) is 4.79 Å². The number of hydrogen-bond acceptors (Lipinski definition) is 4. The molecule has 1 aliphatic carbocycles. The van der Waals surface area contributed by atoms with E-state index in [1.807, 2.05) is 26.8 Å². The van der Waals surface area contributed by atoms with Crippen molar-refractivity contribution in [1.29, 1.82) is 0 Å². The van der Waals surface area contributed by atoms with E-state index < -0.39 is 11.6 Å². The van der Waals surface area contributed by atoms with Crippen molar-refractivity contribution in [2.24, 2.45) is 0 Å². The Kier molecular flexibility index (Phi) is 6.52. The molecular weight excluding hydrogens is 388 g/mol. The van der Waals surface area contributed by atoms with Crippen molar-refractivity contribution in [3.05, 3.63) is 59.1 Å². The second-order valence-electron chi connectivity index (χ2n) is 8.45. The first-order valence-electron chi connectivity index (χ1n) is 9.92. The van der Waals surface area contributed by atoms with Crippen molar-refractivity contribution in [3.8, 4) is 0 Å². The van der Waals surface area contributed by atoms with Gasteiger partial charge >= 0.3 is 0 Å². The SMILES string of the molecule is CC(C)(C)NC(=O)[C@H](c1cccnc1)N(C(=O)c1ccc(Cl)nc1)C1CCCC1. The lowest BCUT2D eigenvalue weighted by Gasteiger charge is -2.37. The molecule has 29 heavy (non-hydrogen) atoms. The fraction of sp³-hybridized carbons (Fsp3) is 0.455. The number of nitrogens with zero attached hydrogens (tertiary/aromatic N) is 3. The normalized spacial score (nSPS) is 15.7. The van der Waals surface area contributed by atoms with Crippen molar-refractivity contribution in [2.45, 2.75) is 64.1 Å². The summed E-state index contributed by atoms with van der Waals surface area (Å²) in [5.41, 5.74) is 0.680. The number of halogens is 1. The average Bonchev–Trinajstić information content (AvgIpc) is 3.19. The summed E-state index contributed by atoms with van der Waals surface area (Å²) >= 11 is 5.90. The van der Waals surface area contributed by atoms with Gasteiger partial charge in [0.1, 0.15) is 11.2 Å². The minimum Gasteiger partial charge on any atom is -0.349 e. The summed E-state index contributed by atoms with van der Waals surface area (Å²) in [6.45, 7) is 5.78. The summed E-state index contributed by atoms with van der Waals surface area (Å²) in [6, 6.07) is 6.09. The number of carbonyl (C=O) groups excluding carboxylic acids is 2. The predicted molar refractivity (Wildman–Crippen MR) is 113 cm³/mol. The van der Waals surface area contributed by atoms with Crippen LogP contribution in [0.1, 0.15) is 68.4 Å². The zero-order chi connectivity index (χ0) is 21.0. The lowest BCUT2D eigenvalue weighted by atomic mass is 9.99. The Hall–Kier alpha value is -2.47. The minimum atomic E-state index is -0.769. The maximum Gasteiger partial charge on any atom is 0.256 e. The van der Waals surface area contributed by atoms with Gasteiger partial charge in [-0.3, -0.25) is 14.6 Å². The van der Waals surface area contributed by atoms with Gasteiger partial charge in [0, 0.05) is 35.7 Å². The van der Waals surface area contributed by atoms with E-state index in [4.69, 9.17) is 11.6 Å². The van der Waals surface area contributed by atoms with Crippen molar-refractivity contribution >= 4 is 23.4 Å². The van der Waals surface area contributed by atoms with E-state index in [1.165, 1.54) is 6.20 Å². The number of amides is 2. The third-order valence-corrected chi connectivity index (χ3v) is 5.18. The summed E-state index contributed by atoms with van der Waals surface area (Å²) in [5, 5.41) is 3.36. The third-order valence-electron chi connectivity index (χ3n) is 4.95. The molecule has 1 N–H and O–H groups in total. The minimum absolute atomic E-state index is 0.0193. The van der Waals surface area contributed by atoms with Crippen LogP contribution in [0.4, 0.5) is 0 Å². The number of aromatic nitrogens is 2. The zero-order valence-electron chi connectivity index (χ0n) is 17.1. The van der Waals surface area contributed by atoms with E-state index in [0.717, 1.165) is 25.7 Å². The van der Waals surface area contributed by atoms with Gasteiger partial charge in [0.25, 0.3) is 5.91 Å². The van der Waals surface area contributed by atoms with E-state index in [9.17, 15) is 9.59 Å². The predicted octanol–water partition coefficient (Wildman–Crippen LogP) is 4.17. The van der Waals surface area contributed by atoms with E-state index in [0.29, 0.717) is 16.3 Å². The van der Waals surface area contributed by atoms with Gasteiger partial charge in [-0.25, -0.2) is 4.98 Å². The van der Waals surface area contributed by atoms with Gasteiger partial charge in [0.15, 0.2) is 0 Å². The molecule has 0 spiro atoms. The number of nitrogens with one attached hydrogen (secondary N) is 1. The van der Waals surface area contributed by atoms with Crippen LogP contribution in [0.2, 0.25) is 5.15 Å². The van der Waals surface area contributed by atoms with Crippen molar-refractivity contribution in [2.75, 3.05) is 0 Å². The van der Waals surface area contributed by atoms with Crippen LogP contribution in [0, 0.1) is 0 Å². The maximum atomic E-state index is 13.6. The quantitative estimate of drug-likeness (QED) is 0.745. The second kappa shape index (κ2) is 8.91. The first kappa shape index (κ1) is 21.2. The monoisotopic (exact) mass is 414 g/mol. The van der Waals surface area contributed by atoms with Gasteiger partial charge in [-0.2, -0.15) is 0 Å². The summed E-state index contributed by atoms with van der Waals surface area (Å²) in [5.74, 6) is -0.438. The number of pyridine rings is 2. The smallest absolute Gasteiger partial charge is 0.256 e. The van der Waals surface area contributed by atoms with Gasteiger partial charge in [0.05, 0.1) is 5.56 Å². The fourth-order valence-electron chi connectivity index (χ4n) is 3.74. The largest absolute Gasteiger partial charge is 0.349 e. The second-order valence-corrected chi connectivity index (χ2v) is 8.84. The first-order valence-corrected chi connectivity index (χ1v) is 10.3. The van der Waals surface area contributed by atoms with E-state index in [1.54, 1.807) is 35.5 Å². The topological polar surface area (TPSA) is 75.2 Å². The highest BCUT2D eigenvalue weighted by molar-refractivity contribution is 6.29. The molecule has 0 aromatic carbocycles. The number of hydrogen-bond donors (Lipinski definition) is 1. The van der Waals surface area contributed by atoms with Gasteiger partial charge in [-0.15, -0.1) is 0 Å². The molecular formula is C22H27ClN4O2. The molecule has 7 heteroatoms. The molecule has 3 rings (SSSR count). The molecule has 0 unspecified atom stereocenters. The Morgan fingerprint density at radius 3 is 2.45 bits per heavy atom. The van der Waals surface area contributed by atoms with Crippen molar-refractivity contribution in [1.82, 2.24) is 20.2 Å². The molecule has 0 aliphatic heterocycles. The van der Waals surface area contributed by atoms with Gasteiger partial charge in [-0.05, 0) is 51.8 Å². The highest BCUT2D eigenvalue weighted by Gasteiger charge is 2.39. The molecule has 0 radical (unpaired) electrons. The first-order chi connectivity index (χ1) is 13.8. The van der Waals surface area contributed by atoms with Crippen LogP contribution in [0.5, 0.6) is 0 Å². The highest BCUT2D eigenvalue weighted by Crippen LogP contribution is 2.33. The van der Waals surface area contributed by atoms with Crippen molar-refractivity contribution < 1.29 is 9.59 Å². The van der Waals surface area contributed by atoms with E-state index >= 15 is 0 Å². The molecule has 1 fully saturated rings. The average molecular weight is 415 g/mol. The molecule has 2 aromatic rings. The summed E-state index contributed by atoms with van der Waals surface area (Å²) in [4.78, 5) is 36.9. The standard InChI is InChI=1S/C22H27ClN4O2/c1-22(2,3)26-20(28)19(15-7-6-12-24-13-15)27(17-8-4-5-9-17)21(29)16-10-11-18(23)25-14-16/h6-7,10-14,17,19H,4-5,8-9H2,1-3H3,(H,26,28)/t19-/m0/s1. The molecule has 6 nitrogen and oxygen atoms in total. The fourth-order valence-corrected chi connectivity index (χ4v) is 3.85. The van der Waals surface area contributed by atoms with Gasteiger partial charge < -0.3 is 10.2 Å². The molecule has 1 aliphatic rings. The third kappa shape index (κ3) is 5.32. The Balaban J connectivity index is 2.05. The molecule has 154 valence electrons. The van der Waals surface area contributed by atoms with Crippen LogP contribution in [0.25, 0.3) is 0 Å². The summed E-state index contributed by atoms with van der Waals surface area (Å²) in [7, 11) is 0. The number of rotatable bonds is 5. The lowest BCUT2D eigenvalue weighted by molar-refractivity contribution is -0.128. The molecule has 0 saturated heterocycles. The Morgan fingerprint density at radius 1 is 1.17 bits per heavy atom. The molecule has 2 aromatic heterocycles. The number of carbonyl (C=O) groups is 2. The highest BCUT2D eigenvalue weighted by atomic mass is 35.5. The Morgan fingerprint density at radius 2 is 1.90 bits per heavy atom. The molecule has 1 saturated carbocycles. The van der Waals surface area contributed by atoms with Crippen LogP contribution in [-0.4, -0.2) is 38.3 Å². The molecule has 2 amide bonds. The summed E-state index contributed by atoms with van der Waals surface area (Å²) in [6.07, 6.45) is 8.59. The Bertz CT molecular complexity index is 843. The Labute approximate surface area is 176 Å². The molecule has 2 heterocycles. The van der Waals surface area contributed by atoms with E-state index in [2.05, 4.69) is 15.3 Å². The van der Waals surface area contributed by atoms with E-state index in [-0.39, 0.29) is 17.9 Å². The van der Waals surface area contributed by atoms with Crippen LogP contribution in [0.15, 0.2) is 42.9 Å². The zero-order valence-corrected chi connectivity index (χ0v) is 17.8. The van der Waals surface area contributed by atoms with Crippen LogP contribution >= 0.6 is 11.6 Å². The summed E-state index contributed by atoms with van der Waals surface area (Å²) < 4.78 is 0. The lowest BCUT2D eigenvalue weighted by Crippen LogP contribution is -2.51. The van der Waals surface area contributed by atoms with Crippen LogP contribution < -0.4 is 5.32 Å². The van der Waals surface area contributed by atoms with Crippen LogP contribution in [0.3, 0.4) is 0 Å². The van der Waals surface area contributed by atoms with Gasteiger partial charge in [0.2, 0.25) is 5.91 Å². The maximum absolute atomic E-state index is 13.6. The molecule has 0 bridgehead atoms.